The van der Waals surface area contributed by atoms with E-state index >= 15 is 0 Å². The first kappa shape index (κ1) is 19.8. The van der Waals surface area contributed by atoms with Gasteiger partial charge < -0.3 is 9.73 Å². The molecule has 1 unspecified atom stereocenters. The molecule has 1 aliphatic rings. The van der Waals surface area contributed by atoms with E-state index in [-0.39, 0.29) is 11.2 Å². The normalized spacial score (nSPS) is 16.4. The van der Waals surface area contributed by atoms with Crippen molar-refractivity contribution < 1.29 is 14.0 Å². The highest BCUT2D eigenvalue weighted by Gasteiger charge is 2.25. The Balaban J connectivity index is 1.72. The third kappa shape index (κ3) is 4.40. The van der Waals surface area contributed by atoms with E-state index in [1.165, 1.54) is 0 Å². The number of halogens is 1. The number of hydrogen-bond acceptors (Lipinski definition) is 5. The van der Waals surface area contributed by atoms with Crippen molar-refractivity contribution >= 4 is 35.2 Å². The van der Waals surface area contributed by atoms with Crippen molar-refractivity contribution in [2.24, 2.45) is 0 Å². The molecule has 1 fully saturated rings. The van der Waals surface area contributed by atoms with Crippen LogP contribution in [0.1, 0.15) is 10.4 Å². The molecule has 5 nitrogen and oxygen atoms in total. The molecule has 2 N–H and O–H groups in total. The van der Waals surface area contributed by atoms with E-state index in [0.717, 1.165) is 23.4 Å². The summed E-state index contributed by atoms with van der Waals surface area (Å²) < 4.78 is 5.58. The molecule has 2 heterocycles. The fourth-order valence-electron chi connectivity index (χ4n) is 3.30. The SMILES string of the molecule is O=C(NC(=O)C1CNCCS1)c1cccc(-c2ccco2)c1-c1ccc(Cl)cc1. The van der Waals surface area contributed by atoms with E-state index in [1.807, 2.05) is 24.3 Å². The largest absolute Gasteiger partial charge is 0.464 e. The second-order valence-corrected chi connectivity index (χ2v) is 8.34. The summed E-state index contributed by atoms with van der Waals surface area (Å²) in [7, 11) is 0. The molecule has 148 valence electrons. The lowest BCUT2D eigenvalue weighted by atomic mass is 9.92. The van der Waals surface area contributed by atoms with E-state index < -0.39 is 5.91 Å². The first-order valence-electron chi connectivity index (χ1n) is 9.24. The monoisotopic (exact) mass is 426 g/mol. The molecule has 1 saturated heterocycles. The maximum atomic E-state index is 13.1. The van der Waals surface area contributed by atoms with Gasteiger partial charge in [0.05, 0.1) is 11.5 Å². The average molecular weight is 427 g/mol. The number of rotatable bonds is 4. The highest BCUT2D eigenvalue weighted by atomic mass is 35.5. The molecule has 0 radical (unpaired) electrons. The van der Waals surface area contributed by atoms with E-state index in [0.29, 0.717) is 28.5 Å². The number of thioether (sulfide) groups is 1. The average Bonchev–Trinajstić information content (AvgIpc) is 3.29. The number of furan rings is 1. The number of carbonyl (C=O) groups excluding carboxylic acids is 2. The van der Waals surface area contributed by atoms with Crippen LogP contribution in [0.25, 0.3) is 22.5 Å². The van der Waals surface area contributed by atoms with Crippen LogP contribution in [0.4, 0.5) is 0 Å². The molecule has 0 spiro atoms. The van der Waals surface area contributed by atoms with Gasteiger partial charge >= 0.3 is 0 Å². The van der Waals surface area contributed by atoms with Gasteiger partial charge in [0.25, 0.3) is 5.91 Å². The van der Waals surface area contributed by atoms with Crippen molar-refractivity contribution in [3.8, 4) is 22.5 Å². The Bertz CT molecular complexity index is 1010. The van der Waals surface area contributed by atoms with Crippen LogP contribution in [0.2, 0.25) is 5.02 Å². The molecular weight excluding hydrogens is 408 g/mol. The minimum atomic E-state index is -0.431. The maximum absolute atomic E-state index is 13.1. The molecule has 1 aromatic heterocycles. The van der Waals surface area contributed by atoms with Gasteiger partial charge in [-0.15, -0.1) is 11.8 Å². The number of hydrogen-bond donors (Lipinski definition) is 2. The molecule has 1 atom stereocenters. The number of carbonyl (C=O) groups is 2. The van der Waals surface area contributed by atoms with Crippen LogP contribution >= 0.6 is 23.4 Å². The quantitative estimate of drug-likeness (QED) is 0.611. The summed E-state index contributed by atoms with van der Waals surface area (Å²) in [5.41, 5.74) is 2.68. The van der Waals surface area contributed by atoms with E-state index in [1.54, 1.807) is 48.4 Å². The topological polar surface area (TPSA) is 71.3 Å². The van der Waals surface area contributed by atoms with Gasteiger partial charge in [0.15, 0.2) is 0 Å². The zero-order chi connectivity index (χ0) is 20.2. The Kier molecular flexibility index (Phi) is 6.04. The number of nitrogens with one attached hydrogen (secondary N) is 2. The first-order valence-corrected chi connectivity index (χ1v) is 10.7. The molecule has 2 aromatic carbocycles. The van der Waals surface area contributed by atoms with E-state index in [2.05, 4.69) is 10.6 Å². The molecule has 7 heteroatoms. The molecule has 4 rings (SSSR count). The predicted molar refractivity (Wildman–Crippen MR) is 116 cm³/mol. The summed E-state index contributed by atoms with van der Waals surface area (Å²) in [5, 5.41) is 6.07. The van der Waals surface area contributed by atoms with Gasteiger partial charge in [-0.05, 0) is 35.9 Å². The Hall–Kier alpha value is -2.54. The lowest BCUT2D eigenvalue weighted by molar-refractivity contribution is -0.119. The fraction of sp³-hybridized carbons (Fsp3) is 0.182. The summed E-state index contributed by atoms with van der Waals surface area (Å²) in [6.45, 7) is 1.43. The van der Waals surface area contributed by atoms with Gasteiger partial charge in [0.1, 0.15) is 5.76 Å². The van der Waals surface area contributed by atoms with Gasteiger partial charge in [-0.2, -0.15) is 0 Å². The summed E-state index contributed by atoms with van der Waals surface area (Å²) in [6, 6.07) is 16.3. The van der Waals surface area contributed by atoms with Crippen LogP contribution in [0.15, 0.2) is 65.3 Å². The van der Waals surface area contributed by atoms with Crippen molar-refractivity contribution in [1.29, 1.82) is 0 Å². The Labute approximate surface area is 177 Å². The zero-order valence-electron chi connectivity index (χ0n) is 15.5. The number of benzene rings is 2. The lowest BCUT2D eigenvalue weighted by Crippen LogP contribution is -2.45. The van der Waals surface area contributed by atoms with Crippen molar-refractivity contribution in [3.63, 3.8) is 0 Å². The summed E-state index contributed by atoms with van der Waals surface area (Å²) in [4.78, 5) is 25.6. The summed E-state index contributed by atoms with van der Waals surface area (Å²) in [5.74, 6) is 0.774. The van der Waals surface area contributed by atoms with E-state index in [4.69, 9.17) is 16.0 Å². The van der Waals surface area contributed by atoms with Crippen molar-refractivity contribution in [3.05, 3.63) is 71.4 Å². The number of amides is 2. The van der Waals surface area contributed by atoms with Crippen molar-refractivity contribution in [2.75, 3.05) is 18.8 Å². The van der Waals surface area contributed by atoms with E-state index in [9.17, 15) is 9.59 Å². The smallest absolute Gasteiger partial charge is 0.258 e. The molecule has 0 saturated carbocycles. The van der Waals surface area contributed by atoms with Crippen LogP contribution in [-0.2, 0) is 4.79 Å². The molecule has 1 aliphatic heterocycles. The van der Waals surface area contributed by atoms with Crippen LogP contribution in [0.3, 0.4) is 0 Å². The third-order valence-electron chi connectivity index (χ3n) is 4.69. The first-order chi connectivity index (χ1) is 14.1. The molecule has 29 heavy (non-hydrogen) atoms. The molecular formula is C22H19ClN2O3S. The predicted octanol–water partition coefficient (Wildman–Crippen LogP) is 4.23. The fourth-order valence-corrected chi connectivity index (χ4v) is 4.42. The zero-order valence-corrected chi connectivity index (χ0v) is 17.1. The standard InChI is InChI=1S/C22H19ClN2O3S/c23-15-8-6-14(7-9-15)20-16(18-5-2-11-28-18)3-1-4-17(20)21(26)25-22(27)19-13-24-10-12-29-19/h1-9,11,19,24H,10,12-13H2,(H,25,26,27). The Morgan fingerprint density at radius 1 is 1.10 bits per heavy atom. The summed E-state index contributed by atoms with van der Waals surface area (Å²) in [6.07, 6.45) is 1.59. The van der Waals surface area contributed by atoms with Crippen LogP contribution in [-0.4, -0.2) is 35.9 Å². The second kappa shape index (κ2) is 8.86. The van der Waals surface area contributed by atoms with Crippen LogP contribution in [0.5, 0.6) is 0 Å². The van der Waals surface area contributed by atoms with Crippen molar-refractivity contribution in [2.45, 2.75) is 5.25 Å². The minimum absolute atomic E-state index is 0.278. The molecule has 0 aliphatic carbocycles. The second-order valence-electron chi connectivity index (χ2n) is 6.59. The lowest BCUT2D eigenvalue weighted by Gasteiger charge is -2.21. The van der Waals surface area contributed by atoms with Gasteiger partial charge in [-0.25, -0.2) is 0 Å². The van der Waals surface area contributed by atoms with Crippen LogP contribution in [0, 0.1) is 0 Å². The van der Waals surface area contributed by atoms with Gasteiger partial charge in [-0.1, -0.05) is 35.9 Å². The minimum Gasteiger partial charge on any atom is -0.464 e. The maximum Gasteiger partial charge on any atom is 0.258 e. The highest BCUT2D eigenvalue weighted by Crippen LogP contribution is 2.36. The van der Waals surface area contributed by atoms with Gasteiger partial charge in [0.2, 0.25) is 5.91 Å². The van der Waals surface area contributed by atoms with Gasteiger partial charge in [0, 0.05) is 40.6 Å². The Morgan fingerprint density at radius 3 is 2.62 bits per heavy atom. The third-order valence-corrected chi connectivity index (χ3v) is 6.16. The highest BCUT2D eigenvalue weighted by molar-refractivity contribution is 8.00. The summed E-state index contributed by atoms with van der Waals surface area (Å²) >= 11 is 7.60. The molecule has 3 aromatic rings. The van der Waals surface area contributed by atoms with Crippen LogP contribution < -0.4 is 10.6 Å². The molecule has 2 amide bonds. The Morgan fingerprint density at radius 2 is 1.93 bits per heavy atom. The molecule has 0 bridgehead atoms. The van der Waals surface area contributed by atoms with Crippen molar-refractivity contribution in [1.82, 2.24) is 10.6 Å². The number of imide groups is 1. The van der Waals surface area contributed by atoms with Gasteiger partial charge in [-0.3, -0.25) is 14.9 Å².